The molecule has 0 aliphatic heterocycles. The maximum Gasteiger partial charge on any atom is 0.294 e. The molecule has 180 valence electrons. The second kappa shape index (κ2) is 11.2. The van der Waals surface area contributed by atoms with E-state index in [-0.39, 0.29) is 23.1 Å². The first-order valence-electron chi connectivity index (χ1n) is 11.1. The molecule has 0 saturated carbocycles. The number of halogens is 3. The van der Waals surface area contributed by atoms with Crippen molar-refractivity contribution in [3.8, 4) is 11.5 Å². The third-order valence-corrected chi connectivity index (χ3v) is 5.49. The maximum atomic E-state index is 14.1. The van der Waals surface area contributed by atoms with Gasteiger partial charge in [-0.1, -0.05) is 18.7 Å². The summed E-state index contributed by atoms with van der Waals surface area (Å²) in [6.07, 6.45) is 0.689. The largest absolute Gasteiger partial charge is 0.457 e. The van der Waals surface area contributed by atoms with Crippen LogP contribution < -0.4 is 15.4 Å². The van der Waals surface area contributed by atoms with Crippen LogP contribution in [0.3, 0.4) is 0 Å². The Hall–Kier alpha value is -3.32. The van der Waals surface area contributed by atoms with Crippen molar-refractivity contribution in [3.05, 3.63) is 83.9 Å². The van der Waals surface area contributed by atoms with Crippen molar-refractivity contribution in [2.24, 2.45) is 0 Å². The van der Waals surface area contributed by atoms with Gasteiger partial charge < -0.3 is 15.4 Å². The zero-order valence-corrected chi connectivity index (χ0v) is 19.3. The Morgan fingerprint density at radius 1 is 1.09 bits per heavy atom. The summed E-state index contributed by atoms with van der Waals surface area (Å²) in [7, 11) is 0. The minimum Gasteiger partial charge on any atom is -0.457 e. The Bertz CT molecular complexity index is 1150. The highest BCUT2D eigenvalue weighted by Gasteiger charge is 2.32. The number of carbonyl (C=O) groups is 1. The van der Waals surface area contributed by atoms with Gasteiger partial charge in [-0.3, -0.25) is 4.79 Å². The van der Waals surface area contributed by atoms with Crippen molar-refractivity contribution in [3.63, 3.8) is 0 Å². The molecule has 3 aromatic carbocycles. The van der Waals surface area contributed by atoms with Gasteiger partial charge in [-0.05, 0) is 86.3 Å². The van der Waals surface area contributed by atoms with Gasteiger partial charge in [-0.2, -0.15) is 8.78 Å². The summed E-state index contributed by atoms with van der Waals surface area (Å²) >= 11 is 0. The van der Waals surface area contributed by atoms with Crippen molar-refractivity contribution in [1.29, 1.82) is 0 Å². The van der Waals surface area contributed by atoms with E-state index in [1.807, 2.05) is 19.1 Å². The molecular weight excluding hydrogens is 441 g/mol. The molecule has 7 heteroatoms. The molecule has 4 nitrogen and oxygen atoms in total. The number of ether oxygens (including phenoxy) is 1. The lowest BCUT2D eigenvalue weighted by Gasteiger charge is -2.17. The lowest BCUT2D eigenvalue weighted by molar-refractivity contribution is 0.0385. The SMILES string of the molecule is C=C(C)C(F)(F)c1ccc(Oc2cccc3cc(C(=O)N[C@H](C)CCNCCF)ccc23)cc1. The molecule has 1 atom stereocenters. The number of rotatable bonds is 11. The zero-order chi connectivity index (χ0) is 24.7. The van der Waals surface area contributed by atoms with Crippen LogP contribution in [0, 0.1) is 0 Å². The Morgan fingerprint density at radius 2 is 1.82 bits per heavy atom. The number of amides is 1. The highest BCUT2D eigenvalue weighted by Crippen LogP contribution is 2.36. The van der Waals surface area contributed by atoms with Crippen molar-refractivity contribution in [1.82, 2.24) is 10.6 Å². The molecule has 3 aromatic rings. The summed E-state index contributed by atoms with van der Waals surface area (Å²) in [5.74, 6) is -2.32. The van der Waals surface area contributed by atoms with E-state index in [1.54, 1.807) is 24.3 Å². The van der Waals surface area contributed by atoms with Crippen LogP contribution in [-0.4, -0.2) is 31.7 Å². The average Bonchev–Trinajstić information content (AvgIpc) is 2.82. The van der Waals surface area contributed by atoms with E-state index in [2.05, 4.69) is 17.2 Å². The normalized spacial score (nSPS) is 12.4. The summed E-state index contributed by atoms with van der Waals surface area (Å²) in [5, 5.41) is 7.51. The highest BCUT2D eigenvalue weighted by molar-refractivity contribution is 6.00. The molecule has 34 heavy (non-hydrogen) atoms. The fourth-order valence-electron chi connectivity index (χ4n) is 3.48. The van der Waals surface area contributed by atoms with Gasteiger partial charge in [0.25, 0.3) is 11.8 Å². The minimum absolute atomic E-state index is 0.0646. The van der Waals surface area contributed by atoms with Crippen LogP contribution in [0.2, 0.25) is 0 Å². The summed E-state index contributed by atoms with van der Waals surface area (Å²) in [4.78, 5) is 12.6. The fraction of sp³-hybridized carbons (Fsp3) is 0.296. The first kappa shape index (κ1) is 25.3. The molecule has 0 spiro atoms. The summed E-state index contributed by atoms with van der Waals surface area (Å²) in [6, 6.07) is 16.3. The standard InChI is InChI=1S/C27H29F3N2O2/c1-18(2)27(29,30)22-8-10-23(11-9-22)34-25-6-4-5-20-17-21(7-12-24(20)25)26(33)32-19(3)13-15-31-16-14-28/h4-12,17,19,31H,1,13-16H2,2-3H3,(H,32,33)/t19-/m1/s1. The molecule has 0 unspecified atom stereocenters. The van der Waals surface area contributed by atoms with E-state index in [9.17, 15) is 18.0 Å². The van der Waals surface area contributed by atoms with E-state index in [0.29, 0.717) is 36.6 Å². The predicted molar refractivity (Wildman–Crippen MR) is 130 cm³/mol. The van der Waals surface area contributed by atoms with Crippen LogP contribution in [0.15, 0.2) is 72.8 Å². The number of allylic oxidation sites excluding steroid dienone is 1. The number of hydrogen-bond acceptors (Lipinski definition) is 3. The van der Waals surface area contributed by atoms with Crippen LogP contribution >= 0.6 is 0 Å². The monoisotopic (exact) mass is 470 g/mol. The zero-order valence-electron chi connectivity index (χ0n) is 19.3. The number of nitrogens with one attached hydrogen (secondary N) is 2. The first-order chi connectivity index (χ1) is 16.2. The highest BCUT2D eigenvalue weighted by atomic mass is 19.3. The van der Waals surface area contributed by atoms with Gasteiger partial charge in [-0.15, -0.1) is 0 Å². The van der Waals surface area contributed by atoms with Gasteiger partial charge in [0, 0.05) is 29.1 Å². The number of carbonyl (C=O) groups excluding carboxylic acids is 1. The van der Waals surface area contributed by atoms with Gasteiger partial charge >= 0.3 is 0 Å². The molecule has 0 radical (unpaired) electrons. The van der Waals surface area contributed by atoms with Crippen LogP contribution in [0.1, 0.15) is 36.2 Å². The second-order valence-electron chi connectivity index (χ2n) is 8.28. The smallest absolute Gasteiger partial charge is 0.294 e. The van der Waals surface area contributed by atoms with E-state index < -0.39 is 12.6 Å². The molecule has 0 bridgehead atoms. The summed E-state index contributed by atoms with van der Waals surface area (Å²) in [5.41, 5.74) is 0.144. The molecule has 0 aromatic heterocycles. The van der Waals surface area contributed by atoms with Gasteiger partial charge in [0.2, 0.25) is 0 Å². The van der Waals surface area contributed by atoms with Crippen LogP contribution in [0.5, 0.6) is 11.5 Å². The Kier molecular flexibility index (Phi) is 8.34. The van der Waals surface area contributed by atoms with Crippen LogP contribution in [0.25, 0.3) is 10.8 Å². The molecule has 0 heterocycles. The summed E-state index contributed by atoms with van der Waals surface area (Å²) in [6.45, 7) is 7.06. The second-order valence-corrected chi connectivity index (χ2v) is 8.28. The van der Waals surface area contributed by atoms with E-state index >= 15 is 0 Å². The number of benzene rings is 3. The Morgan fingerprint density at radius 3 is 2.50 bits per heavy atom. The third kappa shape index (κ3) is 6.17. The predicted octanol–water partition coefficient (Wildman–Crippen LogP) is 6.37. The van der Waals surface area contributed by atoms with Gasteiger partial charge in [0.15, 0.2) is 0 Å². The van der Waals surface area contributed by atoms with Gasteiger partial charge in [-0.25, -0.2) is 4.39 Å². The number of hydrogen-bond donors (Lipinski definition) is 2. The Balaban J connectivity index is 1.71. The van der Waals surface area contributed by atoms with Crippen molar-refractivity contribution in [2.45, 2.75) is 32.2 Å². The van der Waals surface area contributed by atoms with Gasteiger partial charge in [0.1, 0.15) is 18.2 Å². The molecule has 0 fully saturated rings. The van der Waals surface area contributed by atoms with Crippen molar-refractivity contribution >= 4 is 16.7 Å². The lowest BCUT2D eigenvalue weighted by Crippen LogP contribution is -2.35. The third-order valence-electron chi connectivity index (χ3n) is 5.49. The van der Waals surface area contributed by atoms with Crippen LogP contribution in [-0.2, 0) is 5.92 Å². The molecule has 3 rings (SSSR count). The quantitative estimate of drug-likeness (QED) is 0.253. The summed E-state index contributed by atoms with van der Waals surface area (Å²) < 4.78 is 46.3. The fourth-order valence-corrected chi connectivity index (χ4v) is 3.48. The molecule has 1 amide bonds. The topological polar surface area (TPSA) is 50.4 Å². The van der Waals surface area contributed by atoms with Crippen molar-refractivity contribution in [2.75, 3.05) is 19.8 Å². The first-order valence-corrected chi connectivity index (χ1v) is 11.1. The minimum atomic E-state index is -3.10. The number of alkyl halides is 3. The van der Waals surface area contributed by atoms with E-state index in [4.69, 9.17) is 4.74 Å². The molecule has 0 aliphatic carbocycles. The van der Waals surface area contributed by atoms with Crippen molar-refractivity contribution < 1.29 is 22.7 Å². The lowest BCUT2D eigenvalue weighted by atomic mass is 10.0. The van der Waals surface area contributed by atoms with E-state index in [0.717, 1.165) is 10.8 Å². The molecular formula is C27H29F3N2O2. The van der Waals surface area contributed by atoms with E-state index in [1.165, 1.54) is 31.2 Å². The number of fused-ring (bicyclic) bond motifs is 1. The maximum absolute atomic E-state index is 14.1. The molecule has 0 saturated heterocycles. The average molecular weight is 471 g/mol. The molecule has 0 aliphatic rings. The van der Waals surface area contributed by atoms with Crippen LogP contribution in [0.4, 0.5) is 13.2 Å². The molecule has 2 N–H and O–H groups in total. The van der Waals surface area contributed by atoms with Gasteiger partial charge in [0.05, 0.1) is 0 Å². The Labute approximate surface area is 197 Å².